The molecule has 0 saturated heterocycles. The van der Waals surface area contributed by atoms with E-state index in [4.69, 9.17) is 0 Å². The second-order valence-electron chi connectivity index (χ2n) is 5.71. The van der Waals surface area contributed by atoms with Gasteiger partial charge in [0.15, 0.2) is 0 Å². The third-order valence-electron chi connectivity index (χ3n) is 4.16. The lowest BCUT2D eigenvalue weighted by Gasteiger charge is -2.18. The van der Waals surface area contributed by atoms with Crippen molar-refractivity contribution in [1.29, 1.82) is 0 Å². The first-order valence-electron chi connectivity index (χ1n) is 8.09. The second-order valence-corrected chi connectivity index (χ2v) is 5.71. The molecule has 1 amide bonds. The fourth-order valence-corrected chi connectivity index (χ4v) is 2.87. The number of carbonyl (C=O) groups excluding carboxylic acids is 1. The van der Waals surface area contributed by atoms with Crippen molar-refractivity contribution < 1.29 is 9.90 Å². The van der Waals surface area contributed by atoms with Gasteiger partial charge in [-0.2, -0.15) is 0 Å². The van der Waals surface area contributed by atoms with Crippen LogP contribution in [-0.2, 0) is 11.2 Å². The van der Waals surface area contributed by atoms with Crippen LogP contribution in [-0.4, -0.2) is 29.0 Å². The number of carbonyl (C=O) groups is 1. The molecule has 0 radical (unpaired) electrons. The van der Waals surface area contributed by atoms with Gasteiger partial charge in [0.25, 0.3) is 5.91 Å². The first kappa shape index (κ1) is 16.3. The Morgan fingerprint density at radius 2 is 2.09 bits per heavy atom. The van der Waals surface area contributed by atoms with Crippen LogP contribution in [0, 0.1) is 5.92 Å². The number of aromatic hydroxyl groups is 1. The van der Waals surface area contributed by atoms with Crippen molar-refractivity contribution in [2.75, 3.05) is 13.1 Å². The highest BCUT2D eigenvalue weighted by Crippen LogP contribution is 2.23. The molecule has 0 heterocycles. The average molecular weight is 299 g/mol. The molecule has 0 bridgehead atoms. The zero-order chi connectivity index (χ0) is 15.9. The number of nitrogens with zero attached hydrogens (tertiary/aromatic N) is 1. The van der Waals surface area contributed by atoms with E-state index < -0.39 is 0 Å². The second kappa shape index (κ2) is 7.83. The largest absolute Gasteiger partial charge is 0.508 e. The van der Waals surface area contributed by atoms with Crippen LogP contribution in [0.1, 0.15) is 32.3 Å². The Kier molecular flexibility index (Phi) is 5.82. The molecule has 1 aliphatic carbocycles. The number of likely N-dealkylation sites (N-methyl/N-ethyl adjacent to an activating group) is 1. The number of phenols is 1. The molecule has 1 N–H and O–H groups in total. The summed E-state index contributed by atoms with van der Waals surface area (Å²) in [6.07, 6.45) is 9.01. The van der Waals surface area contributed by atoms with Crippen molar-refractivity contribution in [1.82, 2.24) is 4.90 Å². The Morgan fingerprint density at radius 3 is 2.77 bits per heavy atom. The highest BCUT2D eigenvalue weighted by atomic mass is 16.3. The van der Waals surface area contributed by atoms with Crippen LogP contribution in [0.5, 0.6) is 5.75 Å². The number of hydrogen-bond acceptors (Lipinski definition) is 2. The van der Waals surface area contributed by atoms with Crippen LogP contribution >= 0.6 is 0 Å². The fourth-order valence-electron chi connectivity index (χ4n) is 2.87. The van der Waals surface area contributed by atoms with E-state index in [1.54, 1.807) is 6.07 Å². The van der Waals surface area contributed by atoms with E-state index in [2.05, 4.69) is 12.2 Å². The Balaban J connectivity index is 2.03. The third kappa shape index (κ3) is 4.23. The van der Waals surface area contributed by atoms with E-state index in [0.29, 0.717) is 11.7 Å². The molecule has 3 heteroatoms. The van der Waals surface area contributed by atoms with Gasteiger partial charge in [0.1, 0.15) is 5.75 Å². The molecular weight excluding hydrogens is 274 g/mol. The summed E-state index contributed by atoms with van der Waals surface area (Å²) in [4.78, 5) is 14.2. The monoisotopic (exact) mass is 299 g/mol. The van der Waals surface area contributed by atoms with Crippen molar-refractivity contribution in [3.63, 3.8) is 0 Å². The fraction of sp³-hybridized carbons (Fsp3) is 0.421. The van der Waals surface area contributed by atoms with Crippen molar-refractivity contribution in [2.24, 2.45) is 5.92 Å². The predicted molar refractivity (Wildman–Crippen MR) is 89.7 cm³/mol. The molecule has 0 spiro atoms. The first-order chi connectivity index (χ1) is 10.6. The van der Waals surface area contributed by atoms with Gasteiger partial charge in [0.2, 0.25) is 0 Å². The van der Waals surface area contributed by atoms with Crippen molar-refractivity contribution in [2.45, 2.75) is 33.1 Å². The third-order valence-corrected chi connectivity index (χ3v) is 4.16. The van der Waals surface area contributed by atoms with Gasteiger partial charge in [-0.15, -0.1) is 0 Å². The van der Waals surface area contributed by atoms with Gasteiger partial charge in [-0.3, -0.25) is 4.79 Å². The molecule has 22 heavy (non-hydrogen) atoms. The van der Waals surface area contributed by atoms with Crippen LogP contribution < -0.4 is 0 Å². The van der Waals surface area contributed by atoms with Crippen LogP contribution in [0.4, 0.5) is 0 Å². The van der Waals surface area contributed by atoms with E-state index in [9.17, 15) is 9.90 Å². The molecule has 2 rings (SSSR count). The minimum absolute atomic E-state index is 0.124. The molecule has 0 aliphatic heterocycles. The Hall–Kier alpha value is -2.03. The van der Waals surface area contributed by atoms with Gasteiger partial charge in [-0.05, 0) is 56.7 Å². The molecule has 0 saturated carbocycles. The normalized spacial score (nSPS) is 17.7. The maximum absolute atomic E-state index is 12.4. The average Bonchev–Trinajstić information content (AvgIpc) is 2.74. The SMILES string of the molecule is CCN(CC)C(=O)C1=CCCC(Cc2cccc(O)c2)C=C1. The van der Waals surface area contributed by atoms with Crippen LogP contribution in [0.25, 0.3) is 0 Å². The summed E-state index contributed by atoms with van der Waals surface area (Å²) >= 11 is 0. The highest BCUT2D eigenvalue weighted by molar-refractivity contribution is 5.96. The lowest BCUT2D eigenvalue weighted by atomic mass is 9.95. The summed E-state index contributed by atoms with van der Waals surface area (Å²) in [6, 6.07) is 7.41. The van der Waals surface area contributed by atoms with E-state index >= 15 is 0 Å². The van der Waals surface area contributed by atoms with Gasteiger partial charge in [-0.25, -0.2) is 0 Å². The highest BCUT2D eigenvalue weighted by Gasteiger charge is 2.16. The van der Waals surface area contributed by atoms with Crippen molar-refractivity contribution >= 4 is 5.91 Å². The van der Waals surface area contributed by atoms with Gasteiger partial charge in [0.05, 0.1) is 0 Å². The lowest BCUT2D eigenvalue weighted by Crippen LogP contribution is -2.31. The van der Waals surface area contributed by atoms with Gasteiger partial charge in [0, 0.05) is 18.7 Å². The molecule has 1 atom stereocenters. The quantitative estimate of drug-likeness (QED) is 0.900. The van der Waals surface area contributed by atoms with E-state index in [-0.39, 0.29) is 5.91 Å². The maximum Gasteiger partial charge on any atom is 0.253 e. The van der Waals surface area contributed by atoms with Crippen LogP contribution in [0.3, 0.4) is 0 Å². The molecule has 0 fully saturated rings. The van der Waals surface area contributed by atoms with Gasteiger partial charge < -0.3 is 10.0 Å². The minimum Gasteiger partial charge on any atom is -0.508 e. The molecule has 3 nitrogen and oxygen atoms in total. The Morgan fingerprint density at radius 1 is 1.32 bits per heavy atom. The van der Waals surface area contributed by atoms with Gasteiger partial charge in [-0.1, -0.05) is 30.4 Å². The number of allylic oxidation sites excluding steroid dienone is 2. The summed E-state index contributed by atoms with van der Waals surface area (Å²) < 4.78 is 0. The van der Waals surface area contributed by atoms with E-state index in [0.717, 1.165) is 43.5 Å². The number of rotatable bonds is 5. The zero-order valence-corrected chi connectivity index (χ0v) is 13.5. The number of phenolic OH excluding ortho intramolecular Hbond substituents is 1. The van der Waals surface area contributed by atoms with Gasteiger partial charge >= 0.3 is 0 Å². The number of benzene rings is 1. The standard InChI is InChI=1S/C19H25NO2/c1-3-20(4-2)19(22)17-9-5-7-15(11-12-17)13-16-8-6-10-18(21)14-16/h6,8-12,14-15,21H,3-5,7,13H2,1-2H3. The Bertz CT molecular complexity index is 571. The smallest absolute Gasteiger partial charge is 0.253 e. The van der Waals surface area contributed by atoms with E-state index in [1.807, 2.05) is 43.0 Å². The summed E-state index contributed by atoms with van der Waals surface area (Å²) in [5, 5.41) is 9.55. The van der Waals surface area contributed by atoms with Crippen LogP contribution in [0.15, 0.2) is 48.1 Å². The maximum atomic E-state index is 12.4. The molecule has 1 aromatic carbocycles. The minimum atomic E-state index is 0.124. The van der Waals surface area contributed by atoms with E-state index in [1.165, 1.54) is 0 Å². The van der Waals surface area contributed by atoms with Crippen LogP contribution in [0.2, 0.25) is 0 Å². The van der Waals surface area contributed by atoms with Crippen molar-refractivity contribution in [3.05, 3.63) is 53.6 Å². The molecule has 1 unspecified atom stereocenters. The number of hydrogen-bond donors (Lipinski definition) is 1. The lowest BCUT2D eigenvalue weighted by molar-refractivity contribution is -0.126. The topological polar surface area (TPSA) is 40.5 Å². The van der Waals surface area contributed by atoms with Crippen molar-refractivity contribution in [3.8, 4) is 5.75 Å². The Labute approximate surface area is 133 Å². The molecule has 118 valence electrons. The molecule has 0 aromatic heterocycles. The summed E-state index contributed by atoms with van der Waals surface area (Å²) in [5.41, 5.74) is 1.94. The molecular formula is C19H25NO2. The summed E-state index contributed by atoms with van der Waals surface area (Å²) in [7, 11) is 0. The first-order valence-corrected chi connectivity index (χ1v) is 8.09. The summed E-state index contributed by atoms with van der Waals surface area (Å²) in [6.45, 7) is 5.50. The molecule has 1 aromatic rings. The predicted octanol–water partition coefficient (Wildman–Crippen LogP) is 3.70. The molecule has 1 aliphatic rings. The zero-order valence-electron chi connectivity index (χ0n) is 13.5. The number of amides is 1. The summed E-state index contributed by atoms with van der Waals surface area (Å²) in [5.74, 6) is 0.838.